The second kappa shape index (κ2) is 7.50. The van der Waals surface area contributed by atoms with Gasteiger partial charge in [-0.05, 0) is 30.5 Å². The Labute approximate surface area is 157 Å². The molecule has 4 rings (SSSR count). The summed E-state index contributed by atoms with van der Waals surface area (Å²) in [6, 6.07) is 15.6. The SMILES string of the molecule is Cc1[nH]c2c(F)cccc2c1CC(=O)NCC1CC(c2ccccc2)NN1. The molecule has 0 bridgehead atoms. The zero-order valence-corrected chi connectivity index (χ0v) is 15.2. The molecule has 2 heterocycles. The Kier molecular flexibility index (Phi) is 4.92. The van der Waals surface area contributed by atoms with Gasteiger partial charge in [-0.1, -0.05) is 42.5 Å². The molecule has 1 fully saturated rings. The van der Waals surface area contributed by atoms with Crippen molar-refractivity contribution in [1.82, 2.24) is 21.2 Å². The van der Waals surface area contributed by atoms with Gasteiger partial charge in [0.25, 0.3) is 0 Å². The van der Waals surface area contributed by atoms with Gasteiger partial charge in [0.1, 0.15) is 5.82 Å². The van der Waals surface area contributed by atoms with Crippen LogP contribution in [0.1, 0.15) is 29.3 Å². The van der Waals surface area contributed by atoms with E-state index in [-0.39, 0.29) is 30.2 Å². The lowest BCUT2D eigenvalue weighted by Crippen LogP contribution is -2.40. The van der Waals surface area contributed by atoms with Gasteiger partial charge in [0.05, 0.1) is 11.9 Å². The quantitative estimate of drug-likeness (QED) is 0.561. The van der Waals surface area contributed by atoms with E-state index in [2.05, 4.69) is 33.3 Å². The molecule has 0 spiro atoms. The van der Waals surface area contributed by atoms with Crippen LogP contribution in [-0.2, 0) is 11.2 Å². The number of para-hydroxylation sites is 1. The molecule has 140 valence electrons. The first-order chi connectivity index (χ1) is 13.1. The van der Waals surface area contributed by atoms with Crippen LogP contribution >= 0.6 is 0 Å². The molecule has 2 aromatic carbocycles. The minimum absolute atomic E-state index is 0.0618. The largest absolute Gasteiger partial charge is 0.356 e. The van der Waals surface area contributed by atoms with Gasteiger partial charge in [-0.15, -0.1) is 0 Å². The predicted molar refractivity (Wildman–Crippen MR) is 104 cm³/mol. The monoisotopic (exact) mass is 366 g/mol. The Balaban J connectivity index is 1.35. The van der Waals surface area contributed by atoms with Gasteiger partial charge in [-0.2, -0.15) is 0 Å². The lowest BCUT2D eigenvalue weighted by Gasteiger charge is -2.11. The van der Waals surface area contributed by atoms with Crippen LogP contribution in [0.2, 0.25) is 0 Å². The number of nitrogens with one attached hydrogen (secondary N) is 4. The van der Waals surface area contributed by atoms with Gasteiger partial charge < -0.3 is 10.3 Å². The Bertz CT molecular complexity index is 953. The third kappa shape index (κ3) is 3.72. The molecule has 1 aromatic heterocycles. The zero-order chi connectivity index (χ0) is 18.8. The maximum absolute atomic E-state index is 13.9. The van der Waals surface area contributed by atoms with Crippen LogP contribution in [0.25, 0.3) is 10.9 Å². The maximum Gasteiger partial charge on any atom is 0.224 e. The number of rotatable bonds is 5. The summed E-state index contributed by atoms with van der Waals surface area (Å²) in [7, 11) is 0. The van der Waals surface area contributed by atoms with Crippen LogP contribution in [0.4, 0.5) is 4.39 Å². The summed E-state index contributed by atoms with van der Waals surface area (Å²) in [6.45, 7) is 2.42. The molecule has 0 aliphatic carbocycles. The van der Waals surface area contributed by atoms with Crippen LogP contribution in [0.3, 0.4) is 0 Å². The fourth-order valence-corrected chi connectivity index (χ4v) is 3.72. The van der Waals surface area contributed by atoms with Crippen molar-refractivity contribution in [2.24, 2.45) is 0 Å². The number of benzene rings is 2. The number of aromatic amines is 1. The Hall–Kier alpha value is -2.70. The van der Waals surface area contributed by atoms with Crippen LogP contribution in [0.5, 0.6) is 0 Å². The van der Waals surface area contributed by atoms with Crippen molar-refractivity contribution in [3.05, 3.63) is 71.2 Å². The summed E-state index contributed by atoms with van der Waals surface area (Å²) in [5.74, 6) is -0.358. The van der Waals surface area contributed by atoms with Crippen LogP contribution < -0.4 is 16.2 Å². The zero-order valence-electron chi connectivity index (χ0n) is 15.2. The van der Waals surface area contributed by atoms with E-state index in [9.17, 15) is 9.18 Å². The molecule has 27 heavy (non-hydrogen) atoms. The molecule has 1 amide bonds. The first kappa shape index (κ1) is 17.7. The van der Waals surface area contributed by atoms with Crippen molar-refractivity contribution < 1.29 is 9.18 Å². The highest BCUT2D eigenvalue weighted by Gasteiger charge is 2.25. The van der Waals surface area contributed by atoms with Crippen LogP contribution in [0.15, 0.2) is 48.5 Å². The molecule has 0 saturated carbocycles. The first-order valence-electron chi connectivity index (χ1n) is 9.20. The Morgan fingerprint density at radius 3 is 2.78 bits per heavy atom. The molecule has 6 heteroatoms. The number of carbonyl (C=O) groups is 1. The van der Waals surface area contributed by atoms with Crippen molar-refractivity contribution in [1.29, 1.82) is 0 Å². The van der Waals surface area contributed by atoms with E-state index in [4.69, 9.17) is 0 Å². The van der Waals surface area contributed by atoms with E-state index < -0.39 is 0 Å². The molecule has 0 radical (unpaired) electrons. The third-order valence-electron chi connectivity index (χ3n) is 5.17. The van der Waals surface area contributed by atoms with E-state index in [1.807, 2.05) is 31.2 Å². The maximum atomic E-state index is 13.9. The van der Waals surface area contributed by atoms with E-state index in [1.165, 1.54) is 11.6 Å². The van der Waals surface area contributed by atoms with Crippen molar-refractivity contribution in [2.75, 3.05) is 6.54 Å². The molecule has 1 aliphatic rings. The lowest BCUT2D eigenvalue weighted by atomic mass is 10.0. The Morgan fingerprint density at radius 1 is 1.15 bits per heavy atom. The summed E-state index contributed by atoms with van der Waals surface area (Å²) in [5, 5.41) is 3.76. The molecular formula is C21H23FN4O. The standard InChI is InChI=1S/C21H23FN4O/c1-13-17(16-8-5-9-18(22)21(16)24-13)11-20(27)23-12-15-10-19(26-25-15)14-6-3-2-4-7-14/h2-9,15,19,24-26H,10-12H2,1H3,(H,23,27). The van der Waals surface area contributed by atoms with E-state index in [1.54, 1.807) is 6.07 Å². The topological polar surface area (TPSA) is 69.0 Å². The number of hydrogen-bond donors (Lipinski definition) is 4. The van der Waals surface area contributed by atoms with E-state index in [0.29, 0.717) is 12.1 Å². The molecule has 2 unspecified atom stereocenters. The number of amides is 1. The van der Waals surface area contributed by atoms with E-state index >= 15 is 0 Å². The molecule has 5 nitrogen and oxygen atoms in total. The Morgan fingerprint density at radius 2 is 1.96 bits per heavy atom. The average Bonchev–Trinajstić information content (AvgIpc) is 3.27. The summed E-state index contributed by atoms with van der Waals surface area (Å²) in [6.07, 6.45) is 1.14. The average molecular weight is 366 g/mol. The minimum Gasteiger partial charge on any atom is -0.356 e. The molecule has 1 aliphatic heterocycles. The van der Waals surface area contributed by atoms with Gasteiger partial charge in [-0.25, -0.2) is 9.82 Å². The normalized spacial score (nSPS) is 19.5. The molecule has 3 aromatic rings. The summed E-state index contributed by atoms with van der Waals surface area (Å²) in [4.78, 5) is 15.5. The fourth-order valence-electron chi connectivity index (χ4n) is 3.72. The number of carbonyl (C=O) groups excluding carboxylic acids is 1. The second-order valence-electron chi connectivity index (χ2n) is 7.06. The molecular weight excluding hydrogens is 343 g/mol. The third-order valence-corrected chi connectivity index (χ3v) is 5.17. The van der Waals surface area contributed by atoms with Gasteiger partial charge in [0.15, 0.2) is 0 Å². The summed E-state index contributed by atoms with van der Waals surface area (Å²) in [5.41, 5.74) is 9.90. The van der Waals surface area contributed by atoms with Crippen LogP contribution in [0, 0.1) is 12.7 Å². The molecule has 2 atom stereocenters. The van der Waals surface area contributed by atoms with Crippen molar-refractivity contribution >= 4 is 16.8 Å². The summed E-state index contributed by atoms with van der Waals surface area (Å²) < 4.78 is 13.9. The first-order valence-corrected chi connectivity index (χ1v) is 9.20. The van der Waals surface area contributed by atoms with Crippen molar-refractivity contribution in [3.63, 3.8) is 0 Å². The van der Waals surface area contributed by atoms with Gasteiger partial charge in [0, 0.05) is 29.7 Å². The highest BCUT2D eigenvalue weighted by Crippen LogP contribution is 2.25. The number of hydrazine groups is 1. The second-order valence-corrected chi connectivity index (χ2v) is 7.06. The highest BCUT2D eigenvalue weighted by atomic mass is 19.1. The van der Waals surface area contributed by atoms with Gasteiger partial charge in [-0.3, -0.25) is 10.2 Å². The summed E-state index contributed by atoms with van der Waals surface area (Å²) >= 11 is 0. The number of H-pyrrole nitrogens is 1. The highest BCUT2D eigenvalue weighted by molar-refractivity contribution is 5.90. The van der Waals surface area contributed by atoms with Crippen molar-refractivity contribution in [2.45, 2.75) is 31.8 Å². The molecule has 4 N–H and O–H groups in total. The van der Waals surface area contributed by atoms with Crippen LogP contribution in [-0.4, -0.2) is 23.5 Å². The number of hydrogen-bond acceptors (Lipinski definition) is 3. The lowest BCUT2D eigenvalue weighted by molar-refractivity contribution is -0.120. The van der Waals surface area contributed by atoms with E-state index in [0.717, 1.165) is 23.1 Å². The smallest absolute Gasteiger partial charge is 0.224 e. The number of aromatic nitrogens is 1. The predicted octanol–water partition coefficient (Wildman–Crippen LogP) is 2.88. The van der Waals surface area contributed by atoms with Gasteiger partial charge in [0.2, 0.25) is 5.91 Å². The van der Waals surface area contributed by atoms with Crippen molar-refractivity contribution in [3.8, 4) is 0 Å². The fraction of sp³-hybridized carbons (Fsp3) is 0.286. The van der Waals surface area contributed by atoms with Gasteiger partial charge >= 0.3 is 0 Å². The number of fused-ring (bicyclic) bond motifs is 1. The number of aryl methyl sites for hydroxylation is 1. The molecule has 1 saturated heterocycles. The number of halogens is 1. The minimum atomic E-state index is -0.296.